The second-order valence-electron chi connectivity index (χ2n) is 7.02. The lowest BCUT2D eigenvalue weighted by molar-refractivity contribution is 0.0886. The largest absolute Gasteiger partial charge is 0.313 e. The van der Waals surface area contributed by atoms with Gasteiger partial charge in [-0.1, -0.05) is 19.8 Å². The van der Waals surface area contributed by atoms with E-state index in [1.54, 1.807) is 0 Å². The van der Waals surface area contributed by atoms with E-state index in [1.165, 1.54) is 64.5 Å². The van der Waals surface area contributed by atoms with Gasteiger partial charge in [0, 0.05) is 24.7 Å². The van der Waals surface area contributed by atoms with Crippen LogP contribution in [0.25, 0.3) is 0 Å². The van der Waals surface area contributed by atoms with Crippen LogP contribution in [-0.2, 0) is 0 Å². The van der Waals surface area contributed by atoms with Crippen molar-refractivity contribution in [1.82, 2.24) is 10.2 Å². The van der Waals surface area contributed by atoms with Crippen LogP contribution < -0.4 is 5.32 Å². The summed E-state index contributed by atoms with van der Waals surface area (Å²) in [5, 5.41) is 3.72. The van der Waals surface area contributed by atoms with Crippen molar-refractivity contribution >= 4 is 0 Å². The topological polar surface area (TPSA) is 15.3 Å². The molecule has 0 bridgehead atoms. The van der Waals surface area contributed by atoms with Crippen molar-refractivity contribution in [1.29, 1.82) is 0 Å². The van der Waals surface area contributed by atoms with Crippen molar-refractivity contribution < 1.29 is 0 Å². The summed E-state index contributed by atoms with van der Waals surface area (Å²) in [6.45, 7) is 9.64. The van der Waals surface area contributed by atoms with Crippen molar-refractivity contribution in [3.63, 3.8) is 0 Å². The van der Waals surface area contributed by atoms with E-state index in [4.69, 9.17) is 0 Å². The Hall–Kier alpha value is -0.0800. The highest BCUT2D eigenvalue weighted by molar-refractivity contribution is 4.85. The number of piperidine rings is 1. The maximum Gasteiger partial charge on any atom is 0.0195 e. The quantitative estimate of drug-likeness (QED) is 0.814. The molecule has 1 atom stereocenters. The van der Waals surface area contributed by atoms with Crippen LogP contribution in [-0.4, -0.2) is 36.1 Å². The molecule has 1 heterocycles. The number of hydrogen-bond donors (Lipinski definition) is 1. The third-order valence-corrected chi connectivity index (χ3v) is 5.37. The van der Waals surface area contributed by atoms with Gasteiger partial charge in [-0.3, -0.25) is 4.90 Å². The van der Waals surface area contributed by atoms with Gasteiger partial charge >= 0.3 is 0 Å². The minimum Gasteiger partial charge on any atom is -0.313 e. The Labute approximate surface area is 120 Å². The number of nitrogens with zero attached hydrogens (tertiary/aromatic N) is 1. The normalized spacial score (nSPS) is 33.0. The predicted octanol–water partition coefficient (Wildman–Crippen LogP) is 3.81. The van der Waals surface area contributed by atoms with Crippen LogP contribution in [0, 0.1) is 5.92 Å². The van der Waals surface area contributed by atoms with Crippen molar-refractivity contribution in [2.45, 2.75) is 90.3 Å². The van der Waals surface area contributed by atoms with Gasteiger partial charge in [0.15, 0.2) is 0 Å². The summed E-state index contributed by atoms with van der Waals surface area (Å²) >= 11 is 0. The molecule has 1 aliphatic carbocycles. The molecule has 2 aliphatic rings. The molecular weight excluding hydrogens is 232 g/mol. The minimum atomic E-state index is 0.701. The molecule has 0 aromatic rings. The molecule has 0 aromatic carbocycles. The molecule has 0 spiro atoms. The van der Waals surface area contributed by atoms with Crippen molar-refractivity contribution in [3.05, 3.63) is 0 Å². The zero-order valence-electron chi connectivity index (χ0n) is 13.3. The maximum atomic E-state index is 3.72. The molecule has 1 saturated heterocycles. The summed E-state index contributed by atoms with van der Waals surface area (Å²) in [6.07, 6.45) is 11.4. The minimum absolute atomic E-state index is 0.701. The van der Waals surface area contributed by atoms with Gasteiger partial charge in [0.05, 0.1) is 0 Å². The summed E-state index contributed by atoms with van der Waals surface area (Å²) < 4.78 is 0. The van der Waals surface area contributed by atoms with E-state index < -0.39 is 0 Å². The van der Waals surface area contributed by atoms with Gasteiger partial charge in [-0.05, 0) is 64.8 Å². The second-order valence-corrected chi connectivity index (χ2v) is 7.02. The molecule has 1 aliphatic heterocycles. The fourth-order valence-electron chi connectivity index (χ4n) is 4.00. The van der Waals surface area contributed by atoms with Crippen LogP contribution in [0.4, 0.5) is 0 Å². The van der Waals surface area contributed by atoms with Gasteiger partial charge in [-0.2, -0.15) is 0 Å². The molecule has 1 saturated carbocycles. The molecule has 2 rings (SSSR count). The molecule has 2 nitrogen and oxygen atoms in total. The Morgan fingerprint density at radius 1 is 1.05 bits per heavy atom. The molecule has 19 heavy (non-hydrogen) atoms. The standard InChI is InChI=1S/C17H34N2/c1-4-15-8-10-17(11-9-15)19(14(2)3)13-16-7-5-6-12-18-16/h14-18H,4-13H2,1-3H3. The molecular formula is C17H34N2. The molecule has 0 amide bonds. The highest BCUT2D eigenvalue weighted by Gasteiger charge is 2.28. The monoisotopic (exact) mass is 266 g/mol. The van der Waals surface area contributed by atoms with Crippen LogP contribution >= 0.6 is 0 Å². The maximum absolute atomic E-state index is 3.72. The zero-order valence-corrected chi connectivity index (χ0v) is 13.3. The fourth-order valence-corrected chi connectivity index (χ4v) is 4.00. The van der Waals surface area contributed by atoms with Crippen molar-refractivity contribution in [2.24, 2.45) is 5.92 Å². The Bertz CT molecular complexity index is 238. The zero-order chi connectivity index (χ0) is 13.7. The van der Waals surface area contributed by atoms with E-state index in [0.717, 1.165) is 18.0 Å². The van der Waals surface area contributed by atoms with Gasteiger partial charge in [-0.25, -0.2) is 0 Å². The van der Waals surface area contributed by atoms with Crippen LogP contribution in [0.15, 0.2) is 0 Å². The molecule has 2 fully saturated rings. The van der Waals surface area contributed by atoms with Crippen LogP contribution in [0.2, 0.25) is 0 Å². The van der Waals surface area contributed by atoms with Gasteiger partial charge in [-0.15, -0.1) is 0 Å². The van der Waals surface area contributed by atoms with E-state index in [2.05, 4.69) is 31.0 Å². The van der Waals surface area contributed by atoms with Gasteiger partial charge in [0.2, 0.25) is 0 Å². The average molecular weight is 266 g/mol. The predicted molar refractivity (Wildman–Crippen MR) is 83.5 cm³/mol. The molecule has 112 valence electrons. The first-order valence-electron chi connectivity index (χ1n) is 8.69. The molecule has 1 N–H and O–H groups in total. The first-order valence-corrected chi connectivity index (χ1v) is 8.69. The van der Waals surface area contributed by atoms with E-state index in [-0.39, 0.29) is 0 Å². The average Bonchev–Trinajstić information content (AvgIpc) is 2.46. The van der Waals surface area contributed by atoms with E-state index in [9.17, 15) is 0 Å². The summed E-state index contributed by atoms with van der Waals surface area (Å²) in [5.74, 6) is 1.01. The summed E-state index contributed by atoms with van der Waals surface area (Å²) in [4.78, 5) is 2.80. The molecule has 0 radical (unpaired) electrons. The Morgan fingerprint density at radius 3 is 2.32 bits per heavy atom. The highest BCUT2D eigenvalue weighted by atomic mass is 15.2. The van der Waals surface area contributed by atoms with Crippen LogP contribution in [0.1, 0.15) is 72.1 Å². The summed E-state index contributed by atoms with van der Waals surface area (Å²) in [5.41, 5.74) is 0. The number of hydrogen-bond acceptors (Lipinski definition) is 2. The SMILES string of the molecule is CCC1CCC(N(CC2CCCCN2)C(C)C)CC1. The third-order valence-electron chi connectivity index (χ3n) is 5.37. The smallest absolute Gasteiger partial charge is 0.0195 e. The van der Waals surface area contributed by atoms with E-state index in [1.807, 2.05) is 0 Å². The van der Waals surface area contributed by atoms with Crippen LogP contribution in [0.5, 0.6) is 0 Å². The number of nitrogens with one attached hydrogen (secondary N) is 1. The van der Waals surface area contributed by atoms with E-state index in [0.29, 0.717) is 6.04 Å². The van der Waals surface area contributed by atoms with Crippen molar-refractivity contribution in [3.8, 4) is 0 Å². The molecule has 1 unspecified atom stereocenters. The summed E-state index contributed by atoms with van der Waals surface area (Å²) in [7, 11) is 0. The Morgan fingerprint density at radius 2 is 1.79 bits per heavy atom. The van der Waals surface area contributed by atoms with Crippen molar-refractivity contribution in [2.75, 3.05) is 13.1 Å². The molecule has 0 aromatic heterocycles. The fraction of sp³-hybridized carbons (Fsp3) is 1.00. The lowest BCUT2D eigenvalue weighted by atomic mass is 9.83. The third kappa shape index (κ3) is 4.46. The lowest BCUT2D eigenvalue weighted by Gasteiger charge is -2.41. The second kappa shape index (κ2) is 7.64. The van der Waals surface area contributed by atoms with Gasteiger partial charge < -0.3 is 5.32 Å². The van der Waals surface area contributed by atoms with Crippen LogP contribution in [0.3, 0.4) is 0 Å². The lowest BCUT2D eigenvalue weighted by Crippen LogP contribution is -2.50. The first kappa shape index (κ1) is 15.3. The Balaban J connectivity index is 1.85. The summed E-state index contributed by atoms with van der Waals surface area (Å²) in [6, 6.07) is 2.30. The highest BCUT2D eigenvalue weighted by Crippen LogP contribution is 2.30. The van der Waals surface area contributed by atoms with Gasteiger partial charge in [0.25, 0.3) is 0 Å². The first-order chi connectivity index (χ1) is 9.20. The number of rotatable bonds is 5. The van der Waals surface area contributed by atoms with E-state index >= 15 is 0 Å². The van der Waals surface area contributed by atoms with Gasteiger partial charge in [0.1, 0.15) is 0 Å². The Kier molecular flexibility index (Phi) is 6.15. The molecule has 2 heteroatoms.